The van der Waals surface area contributed by atoms with Crippen LogP contribution in [0.2, 0.25) is 0 Å². The van der Waals surface area contributed by atoms with E-state index in [1.54, 1.807) is 33.8 Å². The van der Waals surface area contributed by atoms with Crippen LogP contribution in [0.4, 0.5) is 5.82 Å². The van der Waals surface area contributed by atoms with E-state index in [1.807, 2.05) is 6.07 Å². The summed E-state index contributed by atoms with van der Waals surface area (Å²) in [5, 5.41) is 14.6. The lowest BCUT2D eigenvalue weighted by molar-refractivity contribution is -0.144. The number of nitrogens with zero attached hydrogens (tertiary/aromatic N) is 2. The van der Waals surface area contributed by atoms with Crippen molar-refractivity contribution in [3.63, 3.8) is 0 Å². The Hall–Kier alpha value is -2.36. The van der Waals surface area contributed by atoms with E-state index < -0.39 is 0 Å². The summed E-state index contributed by atoms with van der Waals surface area (Å²) in [5.74, 6) is 0.931. The molecule has 1 rings (SSSR count). The third-order valence-corrected chi connectivity index (χ3v) is 2.81. The summed E-state index contributed by atoms with van der Waals surface area (Å²) in [7, 11) is 1.39. The molecule has 0 aliphatic carbocycles. The number of ether oxygens (including phenoxy) is 1. The molecule has 1 aromatic rings. The topological polar surface area (TPSA) is 122 Å². The maximum absolute atomic E-state index is 10.5. The average molecular weight is 338 g/mol. The van der Waals surface area contributed by atoms with Crippen LogP contribution in [0, 0.1) is 23.2 Å². The van der Waals surface area contributed by atoms with E-state index in [4.69, 9.17) is 11.0 Å². The van der Waals surface area contributed by atoms with Crippen LogP contribution < -0.4 is 5.73 Å². The van der Waals surface area contributed by atoms with Gasteiger partial charge in [-0.15, -0.1) is 0 Å². The Bertz CT molecular complexity index is 528. The lowest BCUT2D eigenvalue weighted by Gasteiger charge is -1.97. The molecule has 1 aromatic heterocycles. The van der Waals surface area contributed by atoms with Gasteiger partial charge in [0.25, 0.3) is 0 Å². The molecule has 7 nitrogen and oxygen atoms in total. The largest absolute Gasteiger partial charge is 0.469 e. The van der Waals surface area contributed by atoms with Crippen LogP contribution in [-0.4, -0.2) is 29.1 Å². The molecule has 0 radical (unpaired) electrons. The number of nitrogens with two attached hydrogens (primary N) is 1. The zero-order chi connectivity index (χ0) is 19.3. The molecule has 0 unspecified atom stereocenters. The normalized spacial score (nSPS) is 9.54. The SMILES string of the molecule is CC(C)C(=O)CC#N.CC(C)c1cc(N)n[nH]1.COC(=O)C(C)C. The maximum atomic E-state index is 10.5. The summed E-state index contributed by atoms with van der Waals surface area (Å²) in [5.41, 5.74) is 6.46. The molecule has 24 heavy (non-hydrogen) atoms. The first-order valence-electron chi connectivity index (χ1n) is 7.84. The molecule has 0 saturated carbocycles. The van der Waals surface area contributed by atoms with Gasteiger partial charge in [-0.1, -0.05) is 41.5 Å². The summed E-state index contributed by atoms with van der Waals surface area (Å²) < 4.78 is 4.37. The molecule has 0 fully saturated rings. The van der Waals surface area contributed by atoms with Crippen molar-refractivity contribution in [3.05, 3.63) is 11.8 Å². The number of carbonyl (C=O) groups is 2. The van der Waals surface area contributed by atoms with Crippen molar-refractivity contribution in [2.24, 2.45) is 11.8 Å². The molecule has 0 bridgehead atoms. The van der Waals surface area contributed by atoms with Gasteiger partial charge in [-0.05, 0) is 5.92 Å². The minimum atomic E-state index is -0.153. The summed E-state index contributed by atoms with van der Waals surface area (Å²) in [4.78, 5) is 20.8. The number of hydrogen-bond acceptors (Lipinski definition) is 6. The van der Waals surface area contributed by atoms with Gasteiger partial charge in [0.15, 0.2) is 0 Å². The first kappa shape index (κ1) is 23.9. The number of hydrogen-bond donors (Lipinski definition) is 2. The Morgan fingerprint density at radius 2 is 1.79 bits per heavy atom. The van der Waals surface area contributed by atoms with Gasteiger partial charge in [0, 0.05) is 17.7 Å². The highest BCUT2D eigenvalue weighted by atomic mass is 16.5. The standard InChI is InChI=1S/C6H11N3.C6H9NO.C5H10O2/c1-4(2)5-3-6(7)9-8-5;1-5(2)6(8)3-4-7;1-4(2)5(6)7-3/h3-4H,1-2H3,(H3,7,8,9);5H,3H2,1-2H3;4H,1-3H3. The number of anilines is 1. The van der Waals surface area contributed by atoms with E-state index in [2.05, 4.69) is 28.8 Å². The number of rotatable bonds is 4. The second-order valence-corrected chi connectivity index (χ2v) is 6.04. The third kappa shape index (κ3) is 12.2. The zero-order valence-electron chi connectivity index (χ0n) is 15.7. The number of Topliss-reactive ketones (excluding diaryl/α,β-unsaturated/α-hetero) is 1. The lowest BCUT2D eigenvalue weighted by Crippen LogP contribution is -2.07. The third-order valence-electron chi connectivity index (χ3n) is 2.81. The number of aromatic nitrogens is 2. The van der Waals surface area contributed by atoms with E-state index in [9.17, 15) is 9.59 Å². The summed E-state index contributed by atoms with van der Waals surface area (Å²) in [6, 6.07) is 3.65. The number of H-pyrrole nitrogens is 1. The molecule has 0 saturated heterocycles. The van der Waals surface area contributed by atoms with E-state index >= 15 is 0 Å². The Morgan fingerprint density at radius 1 is 1.25 bits per heavy atom. The smallest absolute Gasteiger partial charge is 0.308 e. The fraction of sp³-hybridized carbons (Fsp3) is 0.647. The predicted molar refractivity (Wildman–Crippen MR) is 94.0 cm³/mol. The van der Waals surface area contributed by atoms with Crippen LogP contribution in [0.1, 0.15) is 59.6 Å². The highest BCUT2D eigenvalue weighted by molar-refractivity contribution is 5.82. The van der Waals surface area contributed by atoms with Crippen molar-refractivity contribution in [1.29, 1.82) is 5.26 Å². The molecule has 0 spiro atoms. The minimum Gasteiger partial charge on any atom is -0.469 e. The average Bonchev–Trinajstić information content (AvgIpc) is 2.94. The van der Waals surface area contributed by atoms with Gasteiger partial charge in [0.1, 0.15) is 11.6 Å². The number of aromatic amines is 1. The van der Waals surface area contributed by atoms with Gasteiger partial charge in [-0.3, -0.25) is 14.7 Å². The fourth-order valence-electron chi connectivity index (χ4n) is 1.17. The fourth-order valence-corrected chi connectivity index (χ4v) is 1.17. The maximum Gasteiger partial charge on any atom is 0.308 e. The number of nitrogen functional groups attached to an aromatic ring is 1. The Balaban J connectivity index is 0. The van der Waals surface area contributed by atoms with Crippen LogP contribution in [0.25, 0.3) is 0 Å². The molecule has 3 N–H and O–H groups in total. The van der Waals surface area contributed by atoms with Gasteiger partial charge in [-0.25, -0.2) is 0 Å². The minimum absolute atomic E-state index is 0.00463. The summed E-state index contributed by atoms with van der Waals surface area (Å²) in [6.45, 7) is 11.4. The van der Waals surface area contributed by atoms with Crippen molar-refractivity contribution in [1.82, 2.24) is 10.2 Å². The number of carbonyl (C=O) groups excluding carboxylic acids is 2. The Morgan fingerprint density at radius 3 is 1.92 bits per heavy atom. The van der Waals surface area contributed by atoms with Crippen LogP contribution >= 0.6 is 0 Å². The molecule has 1 heterocycles. The molecule has 0 aromatic carbocycles. The molecular weight excluding hydrogens is 308 g/mol. The number of methoxy groups -OCH3 is 1. The van der Waals surface area contributed by atoms with Gasteiger partial charge < -0.3 is 10.5 Å². The molecule has 136 valence electrons. The van der Waals surface area contributed by atoms with E-state index in [0.717, 1.165) is 5.69 Å². The monoisotopic (exact) mass is 338 g/mol. The van der Waals surface area contributed by atoms with Gasteiger partial charge >= 0.3 is 5.97 Å². The van der Waals surface area contributed by atoms with E-state index in [1.165, 1.54) is 7.11 Å². The van der Waals surface area contributed by atoms with Crippen LogP contribution in [0.15, 0.2) is 6.07 Å². The molecular formula is C17H30N4O3. The van der Waals surface area contributed by atoms with Crippen LogP contribution in [0.3, 0.4) is 0 Å². The first-order chi connectivity index (χ1) is 11.1. The quantitative estimate of drug-likeness (QED) is 0.814. The number of ketones is 1. The highest BCUT2D eigenvalue weighted by Crippen LogP contribution is 2.11. The number of esters is 1. The second-order valence-electron chi connectivity index (χ2n) is 6.04. The second kappa shape index (κ2) is 13.1. The highest BCUT2D eigenvalue weighted by Gasteiger charge is 2.04. The lowest BCUT2D eigenvalue weighted by atomic mass is 10.1. The molecule has 0 atom stereocenters. The van der Waals surface area contributed by atoms with Gasteiger partial charge in [0.2, 0.25) is 0 Å². The Labute approximate surface area is 144 Å². The van der Waals surface area contributed by atoms with Crippen molar-refractivity contribution < 1.29 is 14.3 Å². The van der Waals surface area contributed by atoms with Crippen molar-refractivity contribution in [3.8, 4) is 6.07 Å². The Kier molecular flexibility index (Phi) is 13.1. The van der Waals surface area contributed by atoms with Gasteiger partial charge in [0.05, 0.1) is 25.5 Å². The predicted octanol–water partition coefficient (Wildman–Crippen LogP) is 3.06. The number of nitrogens with one attached hydrogen (secondary N) is 1. The first-order valence-corrected chi connectivity index (χ1v) is 7.84. The zero-order valence-corrected chi connectivity index (χ0v) is 15.7. The van der Waals surface area contributed by atoms with E-state index in [0.29, 0.717) is 11.7 Å². The molecule has 0 amide bonds. The van der Waals surface area contributed by atoms with Crippen LogP contribution in [0.5, 0.6) is 0 Å². The van der Waals surface area contributed by atoms with Gasteiger partial charge in [-0.2, -0.15) is 10.4 Å². The summed E-state index contributed by atoms with van der Waals surface area (Å²) >= 11 is 0. The molecule has 0 aliphatic rings. The summed E-state index contributed by atoms with van der Waals surface area (Å²) in [6.07, 6.45) is 0.0532. The van der Waals surface area contributed by atoms with Crippen molar-refractivity contribution in [2.75, 3.05) is 12.8 Å². The van der Waals surface area contributed by atoms with E-state index in [-0.39, 0.29) is 30.0 Å². The van der Waals surface area contributed by atoms with Crippen molar-refractivity contribution in [2.45, 2.75) is 53.9 Å². The molecule has 7 heteroatoms. The number of nitriles is 1. The van der Waals surface area contributed by atoms with Crippen molar-refractivity contribution >= 4 is 17.6 Å². The van der Waals surface area contributed by atoms with Crippen LogP contribution in [-0.2, 0) is 14.3 Å². The molecule has 0 aliphatic heterocycles.